The van der Waals surface area contributed by atoms with E-state index < -0.39 is 0 Å². The van der Waals surface area contributed by atoms with Gasteiger partial charge in [0, 0.05) is 37.9 Å². The average molecular weight is 405 g/mol. The van der Waals surface area contributed by atoms with Gasteiger partial charge in [-0.1, -0.05) is 43.3 Å². The zero-order valence-electron chi connectivity index (χ0n) is 17.6. The Kier molecular flexibility index (Phi) is 6.02. The van der Waals surface area contributed by atoms with E-state index in [1.54, 1.807) is 13.3 Å². The number of rotatable bonds is 6. The maximum absolute atomic E-state index is 13.2. The summed E-state index contributed by atoms with van der Waals surface area (Å²) in [6, 6.07) is 18.3. The van der Waals surface area contributed by atoms with Crippen LogP contribution in [0.25, 0.3) is 0 Å². The van der Waals surface area contributed by atoms with Gasteiger partial charge in [-0.25, -0.2) is 0 Å². The van der Waals surface area contributed by atoms with Gasteiger partial charge in [0.05, 0.1) is 31.1 Å². The molecule has 2 heterocycles. The van der Waals surface area contributed by atoms with Crippen molar-refractivity contribution in [1.82, 2.24) is 14.7 Å². The summed E-state index contributed by atoms with van der Waals surface area (Å²) in [5.41, 5.74) is 4.04. The highest BCUT2D eigenvalue weighted by Crippen LogP contribution is 2.23. The fourth-order valence-electron chi connectivity index (χ4n) is 4.00. The molecular formula is C24H28N4O2. The lowest BCUT2D eigenvalue weighted by Gasteiger charge is -2.36. The lowest BCUT2D eigenvalue weighted by molar-refractivity contribution is 0.0745. The molecule has 1 aliphatic heterocycles. The third-order valence-electron chi connectivity index (χ3n) is 5.67. The number of nitrogens with zero attached hydrogens (tertiary/aromatic N) is 4. The highest BCUT2D eigenvalue weighted by atomic mass is 16.5. The summed E-state index contributed by atoms with van der Waals surface area (Å²) in [4.78, 5) is 17.5. The van der Waals surface area contributed by atoms with Crippen molar-refractivity contribution >= 4 is 11.6 Å². The molecule has 0 saturated carbocycles. The maximum Gasteiger partial charge on any atom is 0.257 e. The van der Waals surface area contributed by atoms with Gasteiger partial charge >= 0.3 is 0 Å². The number of benzene rings is 2. The van der Waals surface area contributed by atoms with Crippen LogP contribution < -0.4 is 9.64 Å². The molecule has 0 bridgehead atoms. The third kappa shape index (κ3) is 4.17. The van der Waals surface area contributed by atoms with Crippen LogP contribution >= 0.6 is 0 Å². The summed E-state index contributed by atoms with van der Waals surface area (Å²) in [5, 5.41) is 4.52. The van der Waals surface area contributed by atoms with Crippen molar-refractivity contribution in [2.75, 3.05) is 38.2 Å². The molecule has 6 nitrogen and oxygen atoms in total. The quantitative estimate of drug-likeness (QED) is 0.631. The number of hydrogen-bond donors (Lipinski definition) is 0. The Morgan fingerprint density at radius 2 is 1.80 bits per heavy atom. The zero-order valence-corrected chi connectivity index (χ0v) is 17.6. The molecule has 2 aromatic carbocycles. The van der Waals surface area contributed by atoms with Gasteiger partial charge in [0.15, 0.2) is 0 Å². The molecule has 0 atom stereocenters. The molecule has 0 unspecified atom stereocenters. The van der Waals surface area contributed by atoms with Crippen molar-refractivity contribution in [2.45, 2.75) is 19.9 Å². The molecule has 4 rings (SSSR count). The van der Waals surface area contributed by atoms with E-state index in [4.69, 9.17) is 4.74 Å². The van der Waals surface area contributed by atoms with Crippen molar-refractivity contribution in [3.63, 3.8) is 0 Å². The normalized spacial score (nSPS) is 14.1. The molecule has 0 spiro atoms. The van der Waals surface area contributed by atoms with Gasteiger partial charge in [0.25, 0.3) is 5.91 Å². The molecule has 0 N–H and O–H groups in total. The molecule has 156 valence electrons. The van der Waals surface area contributed by atoms with Crippen LogP contribution in [0.3, 0.4) is 0 Å². The number of carbonyl (C=O) groups is 1. The Hall–Kier alpha value is -3.28. The predicted octanol–water partition coefficient (Wildman–Crippen LogP) is 3.46. The second kappa shape index (κ2) is 9.03. The first-order chi connectivity index (χ1) is 14.7. The Bertz CT molecular complexity index is 991. The number of amides is 1. The first-order valence-electron chi connectivity index (χ1n) is 10.5. The van der Waals surface area contributed by atoms with Crippen molar-refractivity contribution in [1.29, 1.82) is 0 Å². The molecule has 1 aliphatic rings. The van der Waals surface area contributed by atoms with E-state index in [9.17, 15) is 4.79 Å². The minimum Gasteiger partial charge on any atom is -0.497 e. The van der Waals surface area contributed by atoms with Gasteiger partial charge in [-0.2, -0.15) is 5.10 Å². The zero-order chi connectivity index (χ0) is 20.9. The summed E-state index contributed by atoms with van der Waals surface area (Å²) < 4.78 is 7.29. The minimum atomic E-state index is 0.0800. The van der Waals surface area contributed by atoms with Crippen LogP contribution in [0.5, 0.6) is 5.75 Å². The largest absolute Gasteiger partial charge is 0.497 e. The van der Waals surface area contributed by atoms with Gasteiger partial charge in [-0.3, -0.25) is 9.48 Å². The van der Waals surface area contributed by atoms with Gasteiger partial charge in [-0.15, -0.1) is 0 Å². The topological polar surface area (TPSA) is 50.6 Å². The maximum atomic E-state index is 13.2. The first kappa shape index (κ1) is 20.0. The summed E-state index contributed by atoms with van der Waals surface area (Å²) in [5.74, 6) is 0.931. The van der Waals surface area contributed by atoms with Crippen LogP contribution in [0.1, 0.15) is 28.5 Å². The lowest BCUT2D eigenvalue weighted by Crippen LogP contribution is -2.49. The van der Waals surface area contributed by atoms with Crippen molar-refractivity contribution in [2.24, 2.45) is 0 Å². The molecule has 0 radical (unpaired) electrons. The summed E-state index contributed by atoms with van der Waals surface area (Å²) in [6.07, 6.45) is 2.51. The van der Waals surface area contributed by atoms with E-state index in [0.717, 1.165) is 42.2 Å². The van der Waals surface area contributed by atoms with E-state index in [-0.39, 0.29) is 5.91 Å². The second-order valence-electron chi connectivity index (χ2n) is 7.48. The Balaban J connectivity index is 1.44. The second-order valence-corrected chi connectivity index (χ2v) is 7.48. The Morgan fingerprint density at radius 3 is 2.50 bits per heavy atom. The highest BCUT2D eigenvalue weighted by molar-refractivity contribution is 5.95. The monoisotopic (exact) mass is 404 g/mol. The standard InChI is InChI=1S/C24H28N4O2/c1-3-23-22(17-25-28(23)18-19-8-5-4-6-9-19)24(29)27-14-12-26(13-15-27)20-10-7-11-21(16-20)30-2/h4-11,16-17H,3,12-15,18H2,1-2H3. The molecule has 6 heteroatoms. The number of anilines is 1. The van der Waals surface area contributed by atoms with Crippen LogP contribution in [0, 0.1) is 0 Å². The predicted molar refractivity (Wildman–Crippen MR) is 118 cm³/mol. The van der Waals surface area contributed by atoms with E-state index >= 15 is 0 Å². The number of aromatic nitrogens is 2. The lowest BCUT2D eigenvalue weighted by atomic mass is 10.1. The van der Waals surface area contributed by atoms with E-state index in [2.05, 4.69) is 35.1 Å². The SMILES string of the molecule is CCc1c(C(=O)N2CCN(c3cccc(OC)c3)CC2)cnn1Cc1ccccc1. The van der Waals surface area contributed by atoms with Gasteiger partial charge in [0.2, 0.25) is 0 Å². The minimum absolute atomic E-state index is 0.0800. The summed E-state index contributed by atoms with van der Waals surface area (Å²) >= 11 is 0. The number of carbonyl (C=O) groups excluding carboxylic acids is 1. The van der Waals surface area contributed by atoms with Crippen LogP contribution in [-0.2, 0) is 13.0 Å². The number of methoxy groups -OCH3 is 1. The van der Waals surface area contributed by atoms with Gasteiger partial charge in [0.1, 0.15) is 5.75 Å². The van der Waals surface area contributed by atoms with Crippen molar-refractivity contribution in [3.05, 3.63) is 77.6 Å². The summed E-state index contributed by atoms with van der Waals surface area (Å²) in [6.45, 7) is 5.76. The van der Waals surface area contributed by atoms with Crippen molar-refractivity contribution in [3.8, 4) is 5.75 Å². The van der Waals surface area contributed by atoms with Crippen molar-refractivity contribution < 1.29 is 9.53 Å². The molecule has 3 aromatic rings. The molecular weight excluding hydrogens is 376 g/mol. The average Bonchev–Trinajstić information content (AvgIpc) is 3.21. The van der Waals surface area contributed by atoms with Crippen LogP contribution in [0.15, 0.2) is 60.8 Å². The van der Waals surface area contributed by atoms with Gasteiger partial charge < -0.3 is 14.5 Å². The van der Waals surface area contributed by atoms with E-state index in [1.807, 2.05) is 46.0 Å². The molecule has 0 aliphatic carbocycles. The molecule has 1 fully saturated rings. The molecule has 30 heavy (non-hydrogen) atoms. The number of hydrogen-bond acceptors (Lipinski definition) is 4. The van der Waals surface area contributed by atoms with Crippen LogP contribution in [-0.4, -0.2) is 53.9 Å². The van der Waals surface area contributed by atoms with Crippen LogP contribution in [0.2, 0.25) is 0 Å². The summed E-state index contributed by atoms with van der Waals surface area (Å²) in [7, 11) is 1.68. The Labute approximate surface area is 177 Å². The Morgan fingerprint density at radius 1 is 1.03 bits per heavy atom. The fraction of sp³-hybridized carbons (Fsp3) is 0.333. The molecule has 1 aromatic heterocycles. The van der Waals surface area contributed by atoms with E-state index in [1.165, 1.54) is 5.56 Å². The van der Waals surface area contributed by atoms with Gasteiger partial charge in [-0.05, 0) is 24.1 Å². The number of piperazine rings is 1. The number of ether oxygens (including phenoxy) is 1. The smallest absolute Gasteiger partial charge is 0.257 e. The van der Waals surface area contributed by atoms with E-state index in [0.29, 0.717) is 19.6 Å². The molecule has 1 saturated heterocycles. The van der Waals surface area contributed by atoms with Crippen LogP contribution in [0.4, 0.5) is 5.69 Å². The first-order valence-corrected chi connectivity index (χ1v) is 10.5. The third-order valence-corrected chi connectivity index (χ3v) is 5.67. The highest BCUT2D eigenvalue weighted by Gasteiger charge is 2.26. The molecule has 1 amide bonds. The fourth-order valence-corrected chi connectivity index (χ4v) is 4.00.